The average Bonchev–Trinajstić information content (AvgIpc) is 2.55. The number of phenols is 1. The number of nitrogens with two attached hydrogens (primary N) is 1. The van der Waals surface area contributed by atoms with Crippen LogP contribution in [0.1, 0.15) is 30.5 Å². The Kier molecular flexibility index (Phi) is 8.60. The highest BCUT2D eigenvalue weighted by Gasteiger charge is 2.06. The predicted octanol–water partition coefficient (Wildman–Crippen LogP) is 4.10. The zero-order valence-electron chi connectivity index (χ0n) is 14.2. The van der Waals surface area contributed by atoms with Crippen LogP contribution in [0.5, 0.6) is 5.75 Å². The second-order valence-electron chi connectivity index (χ2n) is 5.47. The van der Waals surface area contributed by atoms with Gasteiger partial charge < -0.3 is 16.2 Å². The number of aryl methyl sites for hydroxylation is 2. The lowest BCUT2D eigenvalue weighted by Gasteiger charge is -2.14. The summed E-state index contributed by atoms with van der Waals surface area (Å²) in [5.74, 6) is 0.711. The first-order valence-corrected chi connectivity index (χ1v) is 8.09. The number of nitrogens with one attached hydrogen (secondary N) is 1. The SMILES string of the molecule is CCc1cccc(CC)c1NC(N)=NCCc1cccc(O)c1.I. The number of guanidine groups is 1. The normalized spacial score (nSPS) is 11.0. The van der Waals surface area contributed by atoms with Crippen LogP contribution in [0.15, 0.2) is 47.5 Å². The van der Waals surface area contributed by atoms with E-state index in [0.29, 0.717) is 12.5 Å². The first-order chi connectivity index (χ1) is 11.1. The number of halogens is 1. The van der Waals surface area contributed by atoms with Crippen molar-refractivity contribution < 1.29 is 5.11 Å². The number of hydrogen-bond acceptors (Lipinski definition) is 2. The monoisotopic (exact) mass is 439 g/mol. The molecule has 0 unspecified atom stereocenters. The first-order valence-electron chi connectivity index (χ1n) is 8.09. The van der Waals surface area contributed by atoms with Gasteiger partial charge in [0.1, 0.15) is 5.75 Å². The van der Waals surface area contributed by atoms with Gasteiger partial charge in [0.25, 0.3) is 0 Å². The van der Waals surface area contributed by atoms with Crippen LogP contribution in [0.25, 0.3) is 0 Å². The van der Waals surface area contributed by atoms with Gasteiger partial charge in [-0.15, -0.1) is 24.0 Å². The van der Waals surface area contributed by atoms with E-state index in [9.17, 15) is 5.11 Å². The topological polar surface area (TPSA) is 70.6 Å². The number of phenolic OH excluding ortho intramolecular Hbond substituents is 1. The molecule has 0 aliphatic carbocycles. The highest BCUT2D eigenvalue weighted by Crippen LogP contribution is 2.22. The standard InChI is InChI=1S/C19H25N3O.HI/c1-3-15-8-6-9-16(4-2)18(15)22-19(20)21-12-11-14-7-5-10-17(23)13-14;/h5-10,13,23H,3-4,11-12H2,1-2H3,(H3,20,21,22);1H. The first kappa shape index (κ1) is 20.3. The molecule has 0 heterocycles. The number of anilines is 1. The molecular weight excluding hydrogens is 413 g/mol. The summed E-state index contributed by atoms with van der Waals surface area (Å²) in [6.45, 7) is 4.85. The fraction of sp³-hybridized carbons (Fsp3) is 0.316. The minimum absolute atomic E-state index is 0. The molecule has 0 aromatic heterocycles. The van der Waals surface area contributed by atoms with Crippen molar-refractivity contribution in [1.82, 2.24) is 0 Å². The van der Waals surface area contributed by atoms with Crippen LogP contribution in [0.3, 0.4) is 0 Å². The van der Waals surface area contributed by atoms with Crippen molar-refractivity contribution in [2.75, 3.05) is 11.9 Å². The Morgan fingerprint density at radius 1 is 1.08 bits per heavy atom. The van der Waals surface area contributed by atoms with Crippen LogP contribution in [0.4, 0.5) is 5.69 Å². The third-order valence-electron chi connectivity index (χ3n) is 3.85. The van der Waals surface area contributed by atoms with Gasteiger partial charge in [-0.25, -0.2) is 0 Å². The maximum Gasteiger partial charge on any atom is 0.193 e. The van der Waals surface area contributed by atoms with E-state index in [1.54, 1.807) is 12.1 Å². The third kappa shape index (κ3) is 5.70. The van der Waals surface area contributed by atoms with E-state index < -0.39 is 0 Å². The molecular formula is C19H26IN3O. The van der Waals surface area contributed by atoms with Gasteiger partial charge in [0.05, 0.1) is 0 Å². The molecule has 130 valence electrons. The summed E-state index contributed by atoms with van der Waals surface area (Å²) in [4.78, 5) is 4.40. The summed E-state index contributed by atoms with van der Waals surface area (Å²) in [5, 5.41) is 12.7. The van der Waals surface area contributed by atoms with E-state index in [2.05, 4.69) is 42.4 Å². The molecule has 4 N–H and O–H groups in total. The Bertz CT molecular complexity index is 664. The molecule has 0 atom stereocenters. The lowest BCUT2D eigenvalue weighted by molar-refractivity contribution is 0.474. The van der Waals surface area contributed by atoms with E-state index in [1.807, 2.05) is 12.1 Å². The van der Waals surface area contributed by atoms with Crippen molar-refractivity contribution in [2.24, 2.45) is 10.7 Å². The summed E-state index contributed by atoms with van der Waals surface area (Å²) in [6, 6.07) is 13.5. The number of aliphatic imine (C=N–C) groups is 1. The summed E-state index contributed by atoms with van der Waals surface area (Å²) in [6.07, 6.45) is 2.65. The zero-order valence-corrected chi connectivity index (χ0v) is 16.6. The zero-order chi connectivity index (χ0) is 16.7. The summed E-state index contributed by atoms with van der Waals surface area (Å²) >= 11 is 0. The number of nitrogens with zero attached hydrogens (tertiary/aromatic N) is 1. The Labute approximate surface area is 161 Å². The predicted molar refractivity (Wildman–Crippen MR) is 113 cm³/mol. The highest BCUT2D eigenvalue weighted by molar-refractivity contribution is 14.0. The number of hydrogen-bond donors (Lipinski definition) is 3. The van der Waals surface area contributed by atoms with E-state index in [-0.39, 0.29) is 29.7 Å². The third-order valence-corrected chi connectivity index (χ3v) is 3.85. The van der Waals surface area contributed by atoms with Crippen molar-refractivity contribution in [3.05, 3.63) is 59.2 Å². The average molecular weight is 439 g/mol. The van der Waals surface area contributed by atoms with Crippen molar-refractivity contribution in [2.45, 2.75) is 33.1 Å². The lowest BCUT2D eigenvalue weighted by atomic mass is 10.0. The van der Waals surface area contributed by atoms with Crippen LogP contribution in [0, 0.1) is 0 Å². The number of aromatic hydroxyl groups is 1. The minimum atomic E-state index is 0. The molecule has 0 aliphatic rings. The molecule has 0 radical (unpaired) electrons. The molecule has 0 aliphatic heterocycles. The van der Waals surface area contributed by atoms with Gasteiger partial charge in [-0.3, -0.25) is 4.99 Å². The molecule has 2 aromatic carbocycles. The van der Waals surface area contributed by atoms with Gasteiger partial charge in [-0.1, -0.05) is 44.2 Å². The summed E-state index contributed by atoms with van der Waals surface area (Å²) < 4.78 is 0. The molecule has 2 aromatic rings. The van der Waals surface area contributed by atoms with E-state index in [4.69, 9.17) is 5.73 Å². The fourth-order valence-corrected chi connectivity index (χ4v) is 2.59. The molecule has 5 heteroatoms. The van der Waals surface area contributed by atoms with Crippen LogP contribution in [-0.2, 0) is 19.3 Å². The van der Waals surface area contributed by atoms with Crippen molar-refractivity contribution in [3.8, 4) is 5.75 Å². The second kappa shape index (κ2) is 10.2. The minimum Gasteiger partial charge on any atom is -0.508 e. The van der Waals surface area contributed by atoms with E-state index >= 15 is 0 Å². The quantitative estimate of drug-likeness (QED) is 0.361. The molecule has 4 nitrogen and oxygen atoms in total. The van der Waals surface area contributed by atoms with E-state index in [0.717, 1.165) is 30.5 Å². The lowest BCUT2D eigenvalue weighted by Crippen LogP contribution is -2.24. The number of rotatable bonds is 6. The van der Waals surface area contributed by atoms with Crippen molar-refractivity contribution in [3.63, 3.8) is 0 Å². The summed E-state index contributed by atoms with van der Waals surface area (Å²) in [7, 11) is 0. The van der Waals surface area contributed by atoms with Crippen LogP contribution in [0.2, 0.25) is 0 Å². The van der Waals surface area contributed by atoms with Gasteiger partial charge >= 0.3 is 0 Å². The highest BCUT2D eigenvalue weighted by atomic mass is 127. The van der Waals surface area contributed by atoms with E-state index in [1.165, 1.54) is 11.1 Å². The molecule has 0 fully saturated rings. The molecule has 2 rings (SSSR count). The molecule has 24 heavy (non-hydrogen) atoms. The smallest absolute Gasteiger partial charge is 0.193 e. The van der Waals surface area contributed by atoms with Crippen molar-refractivity contribution in [1.29, 1.82) is 0 Å². The van der Waals surface area contributed by atoms with Gasteiger partial charge in [-0.2, -0.15) is 0 Å². The van der Waals surface area contributed by atoms with Gasteiger partial charge in [0, 0.05) is 12.2 Å². The van der Waals surface area contributed by atoms with Gasteiger partial charge in [0.15, 0.2) is 5.96 Å². The Morgan fingerprint density at radius 3 is 2.29 bits per heavy atom. The fourth-order valence-electron chi connectivity index (χ4n) is 2.59. The maximum atomic E-state index is 9.46. The Hall–Kier alpha value is -1.76. The Balaban J connectivity index is 0.00000288. The summed E-state index contributed by atoms with van der Waals surface area (Å²) in [5.41, 5.74) is 10.7. The number of benzene rings is 2. The molecule has 0 bridgehead atoms. The van der Waals surface area contributed by atoms with Crippen molar-refractivity contribution >= 4 is 35.6 Å². The van der Waals surface area contributed by atoms with Crippen LogP contribution >= 0.6 is 24.0 Å². The molecule has 0 amide bonds. The largest absolute Gasteiger partial charge is 0.508 e. The second-order valence-corrected chi connectivity index (χ2v) is 5.47. The van der Waals surface area contributed by atoms with Crippen LogP contribution in [-0.4, -0.2) is 17.6 Å². The van der Waals surface area contributed by atoms with Crippen LogP contribution < -0.4 is 11.1 Å². The van der Waals surface area contributed by atoms with Gasteiger partial charge in [-0.05, 0) is 48.1 Å². The Morgan fingerprint density at radius 2 is 1.71 bits per heavy atom. The maximum absolute atomic E-state index is 9.46. The number of para-hydroxylation sites is 1. The molecule has 0 spiro atoms. The molecule has 0 saturated carbocycles. The molecule has 0 saturated heterocycles. The van der Waals surface area contributed by atoms with Gasteiger partial charge in [0.2, 0.25) is 0 Å².